The van der Waals surface area contributed by atoms with Crippen molar-refractivity contribution in [3.8, 4) is 0 Å². The molecule has 100 valence electrons. The number of benzene rings is 1. The van der Waals surface area contributed by atoms with Crippen molar-refractivity contribution < 1.29 is 4.79 Å². The van der Waals surface area contributed by atoms with Gasteiger partial charge < -0.3 is 5.32 Å². The van der Waals surface area contributed by atoms with E-state index in [0.717, 1.165) is 4.88 Å². The zero-order valence-corrected chi connectivity index (χ0v) is 12.2. The Bertz CT molecular complexity index is 517. The molecule has 1 N–H and O–H groups in total. The first-order chi connectivity index (χ1) is 9.08. The highest BCUT2D eigenvalue weighted by atomic mass is 32.1. The summed E-state index contributed by atoms with van der Waals surface area (Å²) in [6, 6.07) is 14.2. The lowest BCUT2D eigenvalue weighted by atomic mass is 9.84. The van der Waals surface area contributed by atoms with E-state index < -0.39 is 0 Å². The first-order valence-electron chi connectivity index (χ1n) is 6.42. The summed E-state index contributed by atoms with van der Waals surface area (Å²) < 4.78 is 0. The highest BCUT2D eigenvalue weighted by Crippen LogP contribution is 2.21. The van der Waals surface area contributed by atoms with Gasteiger partial charge in [0.1, 0.15) is 0 Å². The molecule has 2 aromatic rings. The van der Waals surface area contributed by atoms with Crippen LogP contribution in [0.2, 0.25) is 0 Å². The lowest BCUT2D eigenvalue weighted by Gasteiger charge is -2.25. The summed E-state index contributed by atoms with van der Waals surface area (Å²) in [5.41, 5.74) is 1.19. The molecule has 0 spiro atoms. The molecule has 1 heterocycles. The van der Waals surface area contributed by atoms with E-state index in [4.69, 9.17) is 0 Å². The number of thiophene rings is 1. The molecule has 0 unspecified atom stereocenters. The number of nitrogens with one attached hydrogen (secondary N) is 1. The SMILES string of the molecule is CC(C)(CNC(=O)Cc1cccs1)c1ccccc1. The third-order valence-corrected chi connectivity index (χ3v) is 4.07. The van der Waals surface area contributed by atoms with Crippen LogP contribution in [0, 0.1) is 0 Å². The first kappa shape index (κ1) is 13.8. The monoisotopic (exact) mass is 273 g/mol. The Balaban J connectivity index is 1.89. The molecule has 1 aromatic heterocycles. The Kier molecular flexibility index (Phi) is 4.38. The number of hydrogen-bond donors (Lipinski definition) is 1. The summed E-state index contributed by atoms with van der Waals surface area (Å²) >= 11 is 1.62. The molecule has 0 aliphatic heterocycles. The van der Waals surface area contributed by atoms with Crippen molar-refractivity contribution in [3.63, 3.8) is 0 Å². The average molecular weight is 273 g/mol. The zero-order chi connectivity index (χ0) is 13.7. The molecular weight excluding hydrogens is 254 g/mol. The van der Waals surface area contributed by atoms with E-state index in [1.807, 2.05) is 35.7 Å². The molecule has 3 heteroatoms. The normalized spacial score (nSPS) is 11.3. The average Bonchev–Trinajstić information content (AvgIpc) is 2.90. The summed E-state index contributed by atoms with van der Waals surface area (Å²) in [5, 5.41) is 5.02. The molecule has 0 atom stereocenters. The Labute approximate surface area is 118 Å². The fraction of sp³-hybridized carbons (Fsp3) is 0.312. The number of hydrogen-bond acceptors (Lipinski definition) is 2. The predicted octanol–water partition coefficient (Wildman–Crippen LogP) is 3.38. The molecule has 0 radical (unpaired) electrons. The Morgan fingerprint density at radius 1 is 1.16 bits per heavy atom. The smallest absolute Gasteiger partial charge is 0.225 e. The van der Waals surface area contributed by atoms with Crippen LogP contribution < -0.4 is 5.32 Å². The van der Waals surface area contributed by atoms with Crippen molar-refractivity contribution in [1.29, 1.82) is 0 Å². The largest absolute Gasteiger partial charge is 0.355 e. The van der Waals surface area contributed by atoms with Crippen LogP contribution in [-0.4, -0.2) is 12.5 Å². The second-order valence-corrected chi connectivity index (χ2v) is 6.32. The van der Waals surface area contributed by atoms with E-state index in [1.54, 1.807) is 11.3 Å². The zero-order valence-electron chi connectivity index (χ0n) is 11.3. The van der Waals surface area contributed by atoms with E-state index in [-0.39, 0.29) is 11.3 Å². The molecule has 1 aromatic carbocycles. The van der Waals surface area contributed by atoms with Crippen LogP contribution >= 0.6 is 11.3 Å². The number of amides is 1. The van der Waals surface area contributed by atoms with Crippen molar-refractivity contribution >= 4 is 17.2 Å². The second-order valence-electron chi connectivity index (χ2n) is 5.28. The van der Waals surface area contributed by atoms with Gasteiger partial charge in [0.25, 0.3) is 0 Å². The molecule has 0 aliphatic carbocycles. The minimum Gasteiger partial charge on any atom is -0.355 e. The van der Waals surface area contributed by atoms with Gasteiger partial charge in [0.05, 0.1) is 6.42 Å². The lowest BCUT2D eigenvalue weighted by Crippen LogP contribution is -2.37. The molecule has 0 saturated carbocycles. The summed E-state index contributed by atoms with van der Waals surface area (Å²) in [5.74, 6) is 0.0893. The Hall–Kier alpha value is -1.61. The maximum atomic E-state index is 11.9. The lowest BCUT2D eigenvalue weighted by molar-refractivity contribution is -0.120. The number of carbonyl (C=O) groups is 1. The first-order valence-corrected chi connectivity index (χ1v) is 7.30. The fourth-order valence-corrected chi connectivity index (χ4v) is 2.65. The van der Waals surface area contributed by atoms with Gasteiger partial charge in [-0.25, -0.2) is 0 Å². The maximum absolute atomic E-state index is 11.9. The minimum atomic E-state index is -0.0492. The highest BCUT2D eigenvalue weighted by Gasteiger charge is 2.21. The van der Waals surface area contributed by atoms with Crippen LogP contribution in [0.3, 0.4) is 0 Å². The van der Waals surface area contributed by atoms with Crippen LogP contribution in [0.15, 0.2) is 47.8 Å². The second kappa shape index (κ2) is 6.02. The van der Waals surface area contributed by atoms with Gasteiger partial charge in [0.2, 0.25) is 5.91 Å². The summed E-state index contributed by atoms with van der Waals surface area (Å²) in [6.45, 7) is 4.95. The van der Waals surface area contributed by atoms with Crippen molar-refractivity contribution in [2.24, 2.45) is 0 Å². The number of carbonyl (C=O) groups excluding carboxylic acids is 1. The molecule has 0 aliphatic rings. The van der Waals surface area contributed by atoms with Gasteiger partial charge in [-0.2, -0.15) is 0 Å². The van der Waals surface area contributed by atoms with E-state index in [0.29, 0.717) is 13.0 Å². The molecule has 19 heavy (non-hydrogen) atoms. The maximum Gasteiger partial charge on any atom is 0.225 e. The number of rotatable bonds is 5. The molecule has 2 nitrogen and oxygen atoms in total. The van der Waals surface area contributed by atoms with Crippen LogP contribution in [0.25, 0.3) is 0 Å². The van der Waals surface area contributed by atoms with Gasteiger partial charge in [-0.1, -0.05) is 50.2 Å². The predicted molar refractivity (Wildman–Crippen MR) is 80.5 cm³/mol. The van der Waals surface area contributed by atoms with E-state index in [9.17, 15) is 4.79 Å². The van der Waals surface area contributed by atoms with Crippen molar-refractivity contribution in [2.45, 2.75) is 25.7 Å². The quantitative estimate of drug-likeness (QED) is 0.889. The van der Waals surface area contributed by atoms with E-state index in [1.165, 1.54) is 5.56 Å². The Morgan fingerprint density at radius 3 is 2.53 bits per heavy atom. The minimum absolute atomic E-state index is 0.0492. The van der Waals surface area contributed by atoms with Gasteiger partial charge in [-0.05, 0) is 17.0 Å². The van der Waals surface area contributed by atoms with Crippen LogP contribution in [-0.2, 0) is 16.6 Å². The summed E-state index contributed by atoms with van der Waals surface area (Å²) in [6.07, 6.45) is 0.475. The Morgan fingerprint density at radius 2 is 1.89 bits per heavy atom. The molecule has 2 rings (SSSR count). The molecule has 0 fully saturated rings. The van der Waals surface area contributed by atoms with Gasteiger partial charge >= 0.3 is 0 Å². The van der Waals surface area contributed by atoms with Crippen molar-refractivity contribution in [3.05, 3.63) is 58.3 Å². The van der Waals surface area contributed by atoms with E-state index >= 15 is 0 Å². The van der Waals surface area contributed by atoms with Crippen LogP contribution in [0.1, 0.15) is 24.3 Å². The third kappa shape index (κ3) is 3.93. The summed E-state index contributed by atoms with van der Waals surface area (Å²) in [7, 11) is 0. The van der Waals surface area contributed by atoms with E-state index in [2.05, 4.69) is 31.3 Å². The van der Waals surface area contributed by atoms with Gasteiger partial charge in [-0.3, -0.25) is 4.79 Å². The summed E-state index contributed by atoms with van der Waals surface area (Å²) in [4.78, 5) is 13.0. The van der Waals surface area contributed by atoms with Crippen LogP contribution in [0.5, 0.6) is 0 Å². The van der Waals surface area contributed by atoms with Crippen LogP contribution in [0.4, 0.5) is 0 Å². The molecule has 0 saturated heterocycles. The van der Waals surface area contributed by atoms with Crippen molar-refractivity contribution in [1.82, 2.24) is 5.32 Å². The topological polar surface area (TPSA) is 29.1 Å². The highest BCUT2D eigenvalue weighted by molar-refractivity contribution is 7.10. The fourth-order valence-electron chi connectivity index (χ4n) is 1.94. The van der Waals surface area contributed by atoms with Gasteiger partial charge in [-0.15, -0.1) is 11.3 Å². The third-order valence-electron chi connectivity index (χ3n) is 3.20. The van der Waals surface area contributed by atoms with Gasteiger partial charge in [0.15, 0.2) is 0 Å². The van der Waals surface area contributed by atoms with Gasteiger partial charge in [0, 0.05) is 16.8 Å². The molecule has 1 amide bonds. The molecule has 0 bridgehead atoms. The van der Waals surface area contributed by atoms with Crippen molar-refractivity contribution in [2.75, 3.05) is 6.54 Å². The standard InChI is InChI=1S/C16H19NOS/c1-16(2,13-7-4-3-5-8-13)12-17-15(18)11-14-9-6-10-19-14/h3-10H,11-12H2,1-2H3,(H,17,18). The molecular formula is C16H19NOS.